The Bertz CT molecular complexity index is 1480. The molecule has 4 aromatic rings. The van der Waals surface area contributed by atoms with E-state index >= 15 is 0 Å². The molecule has 3 N–H and O–H groups in total. The normalized spacial score (nSPS) is 24.1. The van der Waals surface area contributed by atoms with E-state index in [0.29, 0.717) is 25.7 Å². The number of thiophene rings is 1. The van der Waals surface area contributed by atoms with Crippen LogP contribution in [0, 0.1) is 5.92 Å². The van der Waals surface area contributed by atoms with Crippen molar-refractivity contribution in [3.8, 4) is 5.75 Å². The lowest BCUT2D eigenvalue weighted by Gasteiger charge is -2.48. The Morgan fingerprint density at radius 1 is 1.32 bits per heavy atom. The highest BCUT2D eigenvalue weighted by molar-refractivity contribution is 7.19. The van der Waals surface area contributed by atoms with Gasteiger partial charge in [0.25, 0.3) is 0 Å². The fourth-order valence-corrected chi connectivity index (χ4v) is 7.13. The van der Waals surface area contributed by atoms with E-state index in [4.69, 9.17) is 9.47 Å². The number of rotatable bonds is 6. The summed E-state index contributed by atoms with van der Waals surface area (Å²) in [5.74, 6) is 1.91. The molecule has 2 saturated heterocycles. The maximum Gasteiger partial charge on any atom is 0.210 e. The molecule has 37 heavy (non-hydrogen) atoms. The third-order valence-electron chi connectivity index (χ3n) is 8.21. The van der Waals surface area contributed by atoms with Crippen LogP contribution in [0.5, 0.6) is 5.75 Å². The molecule has 0 radical (unpaired) electrons. The van der Waals surface area contributed by atoms with E-state index in [1.807, 2.05) is 17.2 Å². The summed E-state index contributed by atoms with van der Waals surface area (Å²) in [5.41, 5.74) is 2.82. The van der Waals surface area contributed by atoms with E-state index in [9.17, 15) is 4.79 Å². The van der Waals surface area contributed by atoms with Crippen molar-refractivity contribution in [2.75, 3.05) is 38.2 Å². The number of anilines is 2. The minimum Gasteiger partial charge on any atom is -0.486 e. The predicted octanol–water partition coefficient (Wildman–Crippen LogP) is 3.01. The number of ether oxygens (including phenoxy) is 2. The molecule has 5 heterocycles. The Kier molecular flexibility index (Phi) is 5.52. The number of aromatic amines is 1. The highest BCUT2D eigenvalue weighted by Crippen LogP contribution is 2.45. The van der Waals surface area contributed by atoms with Crippen LogP contribution in [-0.4, -0.2) is 76.0 Å². The van der Waals surface area contributed by atoms with Gasteiger partial charge in [0.2, 0.25) is 6.41 Å². The standard InChI is InChI=1S/C26H29N7O3S/c1-26(12-35-5-4-33(26)14-34)16-2-3-18-22(7-16)37-25-23(18)24(28-13-29-25)31-20-6-15-9-30-32-19(15)8-21(20)36-17-10-27-11-17/h6,8-9,13-14,16-17,27H,2-5,7,10-12H2,1H3,(H,30,32)(H,28,29,31)/t16-,26-/m0/s1. The van der Waals surface area contributed by atoms with E-state index in [0.717, 1.165) is 77.1 Å². The molecular formula is C26H29N7O3S. The van der Waals surface area contributed by atoms with Gasteiger partial charge in [0.05, 0.1) is 41.5 Å². The van der Waals surface area contributed by atoms with Crippen LogP contribution in [0.25, 0.3) is 21.1 Å². The highest BCUT2D eigenvalue weighted by Gasteiger charge is 2.43. The van der Waals surface area contributed by atoms with Crippen molar-refractivity contribution in [3.05, 3.63) is 35.1 Å². The number of fused-ring (bicyclic) bond motifs is 4. The van der Waals surface area contributed by atoms with Gasteiger partial charge in [-0.1, -0.05) is 0 Å². The molecule has 3 aromatic heterocycles. The summed E-state index contributed by atoms with van der Waals surface area (Å²) in [5, 5.41) is 16.2. The summed E-state index contributed by atoms with van der Waals surface area (Å²) in [6.07, 6.45) is 7.39. The lowest BCUT2D eigenvalue weighted by Crippen LogP contribution is -2.59. The van der Waals surface area contributed by atoms with Gasteiger partial charge >= 0.3 is 0 Å². The molecule has 3 aliphatic rings. The molecule has 1 amide bonds. The SMILES string of the molecule is C[C@@]1([C@H]2CCc3c(sc4ncnc(Nc5cc6cn[nH]c6cc5OC5CNC5)c34)C2)COCCN1C=O. The van der Waals surface area contributed by atoms with Crippen LogP contribution < -0.4 is 15.4 Å². The number of amides is 1. The lowest BCUT2D eigenvalue weighted by atomic mass is 9.74. The second-order valence-electron chi connectivity index (χ2n) is 10.4. The lowest BCUT2D eigenvalue weighted by molar-refractivity contribution is -0.140. The smallest absolute Gasteiger partial charge is 0.210 e. The van der Waals surface area contributed by atoms with Gasteiger partial charge in [-0.05, 0) is 43.7 Å². The molecule has 0 saturated carbocycles. The molecule has 1 aliphatic carbocycles. The molecule has 2 aliphatic heterocycles. The molecule has 1 aromatic carbocycles. The maximum absolute atomic E-state index is 11.8. The van der Waals surface area contributed by atoms with Gasteiger partial charge in [-0.2, -0.15) is 5.10 Å². The first-order chi connectivity index (χ1) is 18.1. The number of hydrogen-bond donors (Lipinski definition) is 3. The monoisotopic (exact) mass is 519 g/mol. The van der Waals surface area contributed by atoms with Gasteiger partial charge in [0, 0.05) is 36.0 Å². The second kappa shape index (κ2) is 8.93. The van der Waals surface area contributed by atoms with Gasteiger partial charge in [-0.25, -0.2) is 9.97 Å². The Balaban J connectivity index is 1.23. The maximum atomic E-state index is 11.8. The van der Waals surface area contributed by atoms with Crippen molar-refractivity contribution in [3.63, 3.8) is 0 Å². The number of aromatic nitrogens is 4. The van der Waals surface area contributed by atoms with Crippen molar-refractivity contribution in [2.45, 2.75) is 37.8 Å². The summed E-state index contributed by atoms with van der Waals surface area (Å²) in [6, 6.07) is 4.06. The van der Waals surface area contributed by atoms with Gasteiger partial charge in [0.1, 0.15) is 28.8 Å². The highest BCUT2D eigenvalue weighted by atomic mass is 32.1. The summed E-state index contributed by atoms with van der Waals surface area (Å²) in [6.45, 7) is 5.68. The average molecular weight is 520 g/mol. The van der Waals surface area contributed by atoms with Gasteiger partial charge in [-0.15, -0.1) is 11.3 Å². The van der Waals surface area contributed by atoms with E-state index in [2.05, 4.69) is 43.8 Å². The largest absolute Gasteiger partial charge is 0.486 e. The van der Waals surface area contributed by atoms with E-state index in [-0.39, 0.29) is 11.6 Å². The van der Waals surface area contributed by atoms with Crippen molar-refractivity contribution < 1.29 is 14.3 Å². The fourth-order valence-electron chi connectivity index (χ4n) is 5.86. The number of morpholine rings is 1. The molecule has 0 unspecified atom stereocenters. The molecule has 0 spiro atoms. The molecular weight excluding hydrogens is 490 g/mol. The molecule has 2 fully saturated rings. The first kappa shape index (κ1) is 22.9. The number of nitrogens with zero attached hydrogens (tertiary/aromatic N) is 4. The zero-order chi connectivity index (χ0) is 25.0. The van der Waals surface area contributed by atoms with Crippen LogP contribution in [0.1, 0.15) is 23.8 Å². The topological polar surface area (TPSA) is 117 Å². The van der Waals surface area contributed by atoms with Crippen LogP contribution >= 0.6 is 11.3 Å². The van der Waals surface area contributed by atoms with Gasteiger partial charge < -0.3 is 25.0 Å². The van der Waals surface area contributed by atoms with Gasteiger partial charge in [0.15, 0.2) is 0 Å². The van der Waals surface area contributed by atoms with Crippen molar-refractivity contribution in [1.82, 2.24) is 30.4 Å². The van der Waals surface area contributed by atoms with Crippen LogP contribution in [0.2, 0.25) is 0 Å². The molecule has 11 heteroatoms. The van der Waals surface area contributed by atoms with E-state index in [1.54, 1.807) is 17.7 Å². The third-order valence-corrected chi connectivity index (χ3v) is 9.37. The summed E-state index contributed by atoms with van der Waals surface area (Å²) in [7, 11) is 0. The molecule has 7 rings (SSSR count). The third kappa shape index (κ3) is 3.84. The van der Waals surface area contributed by atoms with E-state index < -0.39 is 0 Å². The molecule has 2 atom stereocenters. The van der Waals surface area contributed by atoms with E-state index in [1.165, 1.54) is 10.4 Å². The average Bonchev–Trinajstić information content (AvgIpc) is 3.50. The number of carbonyl (C=O) groups is 1. The molecule has 192 valence electrons. The first-order valence-electron chi connectivity index (χ1n) is 12.8. The Morgan fingerprint density at radius 3 is 3.08 bits per heavy atom. The molecule has 10 nitrogen and oxygen atoms in total. The quantitative estimate of drug-likeness (QED) is 0.333. The number of nitrogens with one attached hydrogen (secondary N) is 3. The Morgan fingerprint density at radius 2 is 2.24 bits per heavy atom. The van der Waals surface area contributed by atoms with Crippen LogP contribution in [0.15, 0.2) is 24.7 Å². The number of benzene rings is 1. The predicted molar refractivity (Wildman–Crippen MR) is 142 cm³/mol. The zero-order valence-electron chi connectivity index (χ0n) is 20.6. The summed E-state index contributed by atoms with van der Waals surface area (Å²) in [4.78, 5) is 25.4. The number of hydrogen-bond acceptors (Lipinski definition) is 9. The number of H-pyrrole nitrogens is 1. The van der Waals surface area contributed by atoms with Crippen LogP contribution in [0.4, 0.5) is 11.5 Å². The molecule has 0 bridgehead atoms. The van der Waals surface area contributed by atoms with Crippen molar-refractivity contribution in [1.29, 1.82) is 0 Å². The minimum atomic E-state index is -0.288. The summed E-state index contributed by atoms with van der Waals surface area (Å²) < 4.78 is 12.1. The fraction of sp³-hybridized carbons (Fsp3) is 0.462. The van der Waals surface area contributed by atoms with Crippen molar-refractivity contribution in [2.24, 2.45) is 5.92 Å². The second-order valence-corrected chi connectivity index (χ2v) is 11.5. The Hall–Kier alpha value is -3.28. The zero-order valence-corrected chi connectivity index (χ0v) is 21.4. The summed E-state index contributed by atoms with van der Waals surface area (Å²) >= 11 is 1.74. The van der Waals surface area contributed by atoms with Gasteiger partial charge in [-0.3, -0.25) is 9.89 Å². The van der Waals surface area contributed by atoms with Crippen LogP contribution in [-0.2, 0) is 22.4 Å². The van der Waals surface area contributed by atoms with Crippen molar-refractivity contribution >= 4 is 50.4 Å². The number of aryl methyl sites for hydroxylation is 1. The number of carbonyl (C=O) groups excluding carboxylic acids is 1. The van der Waals surface area contributed by atoms with Crippen LogP contribution in [0.3, 0.4) is 0 Å². The minimum absolute atomic E-state index is 0.147. The first-order valence-corrected chi connectivity index (χ1v) is 13.6. The Labute approximate surface area is 217 Å².